The number of benzene rings is 2. The van der Waals surface area contributed by atoms with Crippen molar-refractivity contribution in [2.75, 3.05) is 33.2 Å². The normalized spacial score (nSPS) is 15.6. The molecule has 8 nitrogen and oxygen atoms in total. The summed E-state index contributed by atoms with van der Waals surface area (Å²) in [5, 5.41) is 6.61. The van der Waals surface area contributed by atoms with Crippen molar-refractivity contribution in [1.82, 2.24) is 10.2 Å². The highest BCUT2D eigenvalue weighted by Gasteiger charge is 2.33. The largest absolute Gasteiger partial charge is 0.497 e. The van der Waals surface area contributed by atoms with Gasteiger partial charge in [-0.25, -0.2) is 4.79 Å². The second kappa shape index (κ2) is 11.2. The van der Waals surface area contributed by atoms with Crippen LogP contribution >= 0.6 is 12.2 Å². The number of carbonyl (C=O) groups excluding carboxylic acids is 2. The maximum Gasteiger partial charge on any atom is 0.338 e. The third-order valence-electron chi connectivity index (χ3n) is 5.68. The van der Waals surface area contributed by atoms with Gasteiger partial charge >= 0.3 is 5.97 Å². The lowest BCUT2D eigenvalue weighted by molar-refractivity contribution is -0.140. The summed E-state index contributed by atoms with van der Waals surface area (Å²) in [6.07, 6.45) is 0. The second-order valence-corrected chi connectivity index (χ2v) is 8.96. The Bertz CT molecular complexity index is 1140. The molecule has 0 saturated carbocycles. The van der Waals surface area contributed by atoms with Gasteiger partial charge in [0.05, 0.1) is 38.0 Å². The Labute approximate surface area is 211 Å². The summed E-state index contributed by atoms with van der Waals surface area (Å²) < 4.78 is 16.0. The van der Waals surface area contributed by atoms with Crippen molar-refractivity contribution in [2.24, 2.45) is 5.92 Å². The van der Waals surface area contributed by atoms with Crippen LogP contribution in [-0.2, 0) is 9.53 Å². The number of anilines is 1. The van der Waals surface area contributed by atoms with Gasteiger partial charge in [0.25, 0.3) is 5.91 Å². The molecule has 2 aromatic rings. The Morgan fingerprint density at radius 3 is 2.40 bits per heavy atom. The molecule has 1 unspecified atom stereocenters. The Balaban J connectivity index is 1.83. The summed E-state index contributed by atoms with van der Waals surface area (Å²) >= 11 is 5.46. The number of ether oxygens (including phenoxy) is 3. The van der Waals surface area contributed by atoms with Crippen LogP contribution in [-0.4, -0.2) is 49.8 Å². The SMILES string of the molecule is COc1ccc(C(=O)Nc2ccc(C3NC(=S)N(C)C(C)=C3C(=O)OCC(C)C)cc2)c(OC)c1. The number of nitrogens with one attached hydrogen (secondary N) is 2. The molecule has 2 N–H and O–H groups in total. The van der Waals surface area contributed by atoms with Crippen LogP contribution in [0.4, 0.5) is 5.69 Å². The van der Waals surface area contributed by atoms with E-state index in [1.54, 1.807) is 42.3 Å². The fraction of sp³-hybridized carbons (Fsp3) is 0.346. The average molecular weight is 498 g/mol. The van der Waals surface area contributed by atoms with Crippen molar-refractivity contribution in [1.29, 1.82) is 0 Å². The number of rotatable bonds is 8. The van der Waals surface area contributed by atoms with Crippen LogP contribution in [0.5, 0.6) is 11.5 Å². The quantitative estimate of drug-likeness (QED) is 0.413. The van der Waals surface area contributed by atoms with Crippen LogP contribution in [0.15, 0.2) is 53.7 Å². The van der Waals surface area contributed by atoms with Gasteiger partial charge in [0.15, 0.2) is 5.11 Å². The van der Waals surface area contributed by atoms with Gasteiger partial charge in [-0.15, -0.1) is 0 Å². The zero-order chi connectivity index (χ0) is 25.7. The van der Waals surface area contributed by atoms with Gasteiger partial charge in [-0.1, -0.05) is 26.0 Å². The second-order valence-electron chi connectivity index (χ2n) is 8.58. The molecule has 1 aliphatic rings. The van der Waals surface area contributed by atoms with E-state index in [0.717, 1.165) is 11.3 Å². The molecule has 3 rings (SSSR count). The lowest BCUT2D eigenvalue weighted by atomic mass is 9.95. The number of methoxy groups -OCH3 is 2. The molecule has 1 atom stereocenters. The first-order valence-electron chi connectivity index (χ1n) is 11.2. The lowest BCUT2D eigenvalue weighted by Gasteiger charge is -2.35. The van der Waals surface area contributed by atoms with E-state index in [2.05, 4.69) is 10.6 Å². The van der Waals surface area contributed by atoms with Crippen LogP contribution < -0.4 is 20.1 Å². The van der Waals surface area contributed by atoms with Gasteiger partial charge in [-0.3, -0.25) is 4.79 Å². The summed E-state index contributed by atoms with van der Waals surface area (Å²) in [7, 11) is 4.86. The predicted molar refractivity (Wildman–Crippen MR) is 139 cm³/mol. The van der Waals surface area contributed by atoms with E-state index in [0.29, 0.717) is 40.0 Å². The summed E-state index contributed by atoms with van der Waals surface area (Å²) in [5.41, 5.74) is 3.03. The van der Waals surface area contributed by atoms with Crippen molar-refractivity contribution < 1.29 is 23.8 Å². The number of esters is 1. The van der Waals surface area contributed by atoms with Gasteiger partial charge < -0.3 is 29.7 Å². The van der Waals surface area contributed by atoms with E-state index in [1.165, 1.54) is 7.11 Å². The molecule has 0 fully saturated rings. The van der Waals surface area contributed by atoms with E-state index in [4.69, 9.17) is 26.4 Å². The molecule has 0 radical (unpaired) electrons. The van der Waals surface area contributed by atoms with E-state index >= 15 is 0 Å². The lowest BCUT2D eigenvalue weighted by Crippen LogP contribution is -2.46. The van der Waals surface area contributed by atoms with E-state index in [9.17, 15) is 9.59 Å². The van der Waals surface area contributed by atoms with Gasteiger partial charge in [-0.05, 0) is 54.9 Å². The van der Waals surface area contributed by atoms with Gasteiger partial charge in [-0.2, -0.15) is 0 Å². The molecule has 0 aromatic heterocycles. The molecule has 186 valence electrons. The highest BCUT2D eigenvalue weighted by molar-refractivity contribution is 7.80. The van der Waals surface area contributed by atoms with Crippen LogP contribution in [0, 0.1) is 5.92 Å². The number of nitrogens with zero attached hydrogens (tertiary/aromatic N) is 1. The number of hydrogen-bond donors (Lipinski definition) is 2. The molecular weight excluding hydrogens is 466 g/mol. The minimum absolute atomic E-state index is 0.223. The van der Waals surface area contributed by atoms with Gasteiger partial charge in [0.1, 0.15) is 11.5 Å². The maximum atomic E-state index is 13.0. The molecule has 2 aromatic carbocycles. The van der Waals surface area contributed by atoms with Crippen molar-refractivity contribution in [2.45, 2.75) is 26.8 Å². The molecule has 1 amide bonds. The van der Waals surface area contributed by atoms with Crippen molar-refractivity contribution in [3.63, 3.8) is 0 Å². The smallest absolute Gasteiger partial charge is 0.338 e. The monoisotopic (exact) mass is 497 g/mol. The minimum atomic E-state index is -0.468. The third-order valence-corrected chi connectivity index (χ3v) is 6.07. The molecule has 0 spiro atoms. The van der Waals surface area contributed by atoms with Crippen molar-refractivity contribution in [3.05, 3.63) is 64.9 Å². The minimum Gasteiger partial charge on any atom is -0.497 e. The Morgan fingerprint density at radius 2 is 1.80 bits per heavy atom. The third kappa shape index (κ3) is 5.92. The predicted octanol–water partition coefficient (Wildman–Crippen LogP) is 4.29. The first kappa shape index (κ1) is 26.0. The fourth-order valence-electron chi connectivity index (χ4n) is 3.61. The molecule has 0 bridgehead atoms. The Hall–Kier alpha value is -3.59. The fourth-order valence-corrected chi connectivity index (χ4v) is 3.87. The zero-order valence-corrected chi connectivity index (χ0v) is 21.6. The molecule has 0 saturated heterocycles. The number of thiocarbonyl (C=S) groups is 1. The first-order chi connectivity index (χ1) is 16.7. The molecule has 1 aliphatic heterocycles. The molecular formula is C26H31N3O5S. The van der Waals surface area contributed by atoms with Gasteiger partial charge in [0.2, 0.25) is 0 Å². The van der Waals surface area contributed by atoms with Gasteiger partial charge in [0, 0.05) is 24.5 Å². The molecule has 1 heterocycles. The summed E-state index contributed by atoms with van der Waals surface area (Å²) in [4.78, 5) is 27.5. The van der Waals surface area contributed by atoms with E-state index < -0.39 is 6.04 Å². The van der Waals surface area contributed by atoms with E-state index in [1.807, 2.05) is 40.0 Å². The first-order valence-corrected chi connectivity index (χ1v) is 11.6. The molecule has 35 heavy (non-hydrogen) atoms. The summed E-state index contributed by atoms with van der Waals surface area (Å²) in [6.45, 7) is 6.15. The topological polar surface area (TPSA) is 89.1 Å². The number of amides is 1. The Morgan fingerprint density at radius 1 is 1.11 bits per heavy atom. The molecule has 0 aliphatic carbocycles. The number of hydrogen-bond acceptors (Lipinski definition) is 6. The van der Waals surface area contributed by atoms with Crippen molar-refractivity contribution >= 4 is 34.9 Å². The maximum absolute atomic E-state index is 13.0. The number of allylic oxidation sites excluding steroid dienone is 1. The molecule has 9 heteroatoms. The summed E-state index contributed by atoms with van der Waals surface area (Å²) in [6, 6.07) is 11.8. The van der Waals surface area contributed by atoms with E-state index in [-0.39, 0.29) is 17.8 Å². The van der Waals surface area contributed by atoms with Crippen molar-refractivity contribution in [3.8, 4) is 11.5 Å². The standard InChI is InChI=1S/C26H31N3O5S/c1-15(2)14-34-25(31)22-16(3)29(4)26(35)28-23(22)17-7-9-18(10-8-17)27-24(30)20-12-11-19(32-5)13-21(20)33-6/h7-13,15,23H,14H2,1-6H3,(H,27,30)(H,28,35). The van der Waals surface area contributed by atoms with Crippen LogP contribution in [0.1, 0.15) is 42.7 Å². The average Bonchev–Trinajstić information content (AvgIpc) is 2.85. The van der Waals surface area contributed by atoms with Crippen LogP contribution in [0.25, 0.3) is 0 Å². The zero-order valence-electron chi connectivity index (χ0n) is 20.8. The highest BCUT2D eigenvalue weighted by atomic mass is 32.1. The Kier molecular flexibility index (Phi) is 8.34. The number of carbonyl (C=O) groups is 2. The highest BCUT2D eigenvalue weighted by Crippen LogP contribution is 2.32. The van der Waals surface area contributed by atoms with Crippen LogP contribution in [0.2, 0.25) is 0 Å². The van der Waals surface area contributed by atoms with Crippen LogP contribution in [0.3, 0.4) is 0 Å². The summed E-state index contributed by atoms with van der Waals surface area (Å²) in [5.74, 6) is 0.530.